The van der Waals surface area contributed by atoms with Crippen molar-refractivity contribution in [2.45, 2.75) is 25.7 Å². The largest absolute Gasteiger partial charge is 0.298 e. The van der Waals surface area contributed by atoms with Crippen molar-refractivity contribution in [3.63, 3.8) is 0 Å². The minimum Gasteiger partial charge on any atom is -0.298 e. The Morgan fingerprint density at radius 1 is 1.00 bits per heavy atom. The number of benzene rings is 1. The predicted octanol–water partition coefficient (Wildman–Crippen LogP) is 2.24. The third-order valence-electron chi connectivity index (χ3n) is 3.65. The Morgan fingerprint density at radius 3 is 2.21 bits per heavy atom. The van der Waals surface area contributed by atoms with E-state index in [1.165, 1.54) is 4.90 Å². The second-order valence-corrected chi connectivity index (χ2v) is 4.82. The summed E-state index contributed by atoms with van der Waals surface area (Å²) >= 11 is 0. The first-order chi connectivity index (χ1) is 9.22. The maximum Gasteiger partial charge on any atom is 0.261 e. The molecule has 0 spiro atoms. The van der Waals surface area contributed by atoms with Gasteiger partial charge in [-0.05, 0) is 37.8 Å². The number of aldehydes is 1. The molecule has 0 aromatic heterocycles. The van der Waals surface area contributed by atoms with Crippen LogP contribution in [0.25, 0.3) is 0 Å². The fraction of sp³-hybridized carbons (Fsp3) is 0.267. The van der Waals surface area contributed by atoms with Gasteiger partial charge in [-0.25, -0.2) is 4.90 Å². The van der Waals surface area contributed by atoms with Crippen LogP contribution in [0.2, 0.25) is 0 Å². The lowest BCUT2D eigenvalue weighted by Crippen LogP contribution is -2.31. The van der Waals surface area contributed by atoms with E-state index in [0.717, 1.165) is 12.8 Å². The van der Waals surface area contributed by atoms with Gasteiger partial charge in [0.2, 0.25) is 0 Å². The highest BCUT2D eigenvalue weighted by Crippen LogP contribution is 2.35. The van der Waals surface area contributed by atoms with Gasteiger partial charge in [-0.3, -0.25) is 14.4 Å². The topological polar surface area (TPSA) is 54.5 Å². The van der Waals surface area contributed by atoms with Gasteiger partial charge in [0.25, 0.3) is 11.8 Å². The molecule has 2 amide bonds. The third kappa shape index (κ3) is 1.80. The number of imide groups is 1. The lowest BCUT2D eigenvalue weighted by Gasteiger charge is -2.15. The van der Waals surface area contributed by atoms with Crippen LogP contribution in [0.4, 0.5) is 5.69 Å². The Balaban J connectivity index is 2.01. The SMILES string of the molecule is O=Cc1cccc(N2C(=O)C3=C(CCCC3)C2=O)c1. The first kappa shape index (κ1) is 11.8. The Morgan fingerprint density at radius 2 is 1.63 bits per heavy atom. The molecule has 96 valence electrons. The van der Waals surface area contributed by atoms with Crippen molar-refractivity contribution in [3.8, 4) is 0 Å². The summed E-state index contributed by atoms with van der Waals surface area (Å²) in [6.07, 6.45) is 4.00. The first-order valence-corrected chi connectivity index (χ1v) is 6.38. The molecule has 1 aliphatic heterocycles. The molecule has 0 unspecified atom stereocenters. The summed E-state index contributed by atoms with van der Waals surface area (Å²) < 4.78 is 0. The molecule has 3 rings (SSSR count). The number of nitrogens with zero attached hydrogens (tertiary/aromatic N) is 1. The summed E-state index contributed by atoms with van der Waals surface area (Å²) in [6, 6.07) is 6.58. The number of amides is 2. The number of carbonyl (C=O) groups excluding carboxylic acids is 3. The van der Waals surface area contributed by atoms with E-state index in [0.29, 0.717) is 41.5 Å². The maximum absolute atomic E-state index is 12.3. The summed E-state index contributed by atoms with van der Waals surface area (Å²) in [5.74, 6) is -0.439. The summed E-state index contributed by atoms with van der Waals surface area (Å²) in [7, 11) is 0. The first-order valence-electron chi connectivity index (χ1n) is 6.38. The Labute approximate surface area is 110 Å². The van der Waals surface area contributed by atoms with Gasteiger partial charge in [0.15, 0.2) is 0 Å². The fourth-order valence-corrected chi connectivity index (χ4v) is 2.71. The Bertz CT molecular complexity index is 588. The second kappa shape index (κ2) is 4.46. The molecule has 1 aromatic rings. The molecule has 1 heterocycles. The second-order valence-electron chi connectivity index (χ2n) is 4.82. The van der Waals surface area contributed by atoms with Gasteiger partial charge in [0.05, 0.1) is 5.69 Å². The zero-order valence-corrected chi connectivity index (χ0v) is 10.4. The van der Waals surface area contributed by atoms with Crippen LogP contribution < -0.4 is 4.90 Å². The smallest absolute Gasteiger partial charge is 0.261 e. The molecule has 1 aliphatic carbocycles. The van der Waals surface area contributed by atoms with Crippen molar-refractivity contribution in [2.24, 2.45) is 0 Å². The molecule has 0 saturated heterocycles. The number of carbonyl (C=O) groups is 3. The number of hydrogen-bond acceptors (Lipinski definition) is 3. The minimum atomic E-state index is -0.220. The van der Waals surface area contributed by atoms with E-state index in [1.54, 1.807) is 24.3 Å². The normalized spacial score (nSPS) is 18.8. The van der Waals surface area contributed by atoms with Crippen molar-refractivity contribution in [1.29, 1.82) is 0 Å². The van der Waals surface area contributed by atoms with Gasteiger partial charge < -0.3 is 0 Å². The number of anilines is 1. The molecule has 4 heteroatoms. The monoisotopic (exact) mass is 255 g/mol. The van der Waals surface area contributed by atoms with Crippen molar-refractivity contribution >= 4 is 23.8 Å². The van der Waals surface area contributed by atoms with Crippen LogP contribution in [-0.4, -0.2) is 18.1 Å². The molecule has 2 aliphatic rings. The molecule has 0 bridgehead atoms. The van der Waals surface area contributed by atoms with E-state index < -0.39 is 0 Å². The lowest BCUT2D eigenvalue weighted by molar-refractivity contribution is -0.120. The fourth-order valence-electron chi connectivity index (χ4n) is 2.71. The van der Waals surface area contributed by atoms with Gasteiger partial charge in [0.1, 0.15) is 6.29 Å². The third-order valence-corrected chi connectivity index (χ3v) is 3.65. The van der Waals surface area contributed by atoms with E-state index in [9.17, 15) is 14.4 Å². The van der Waals surface area contributed by atoms with Crippen LogP contribution in [0.5, 0.6) is 0 Å². The van der Waals surface area contributed by atoms with E-state index >= 15 is 0 Å². The van der Waals surface area contributed by atoms with Crippen molar-refractivity contribution in [2.75, 3.05) is 4.90 Å². The molecule has 1 aromatic carbocycles. The van der Waals surface area contributed by atoms with E-state index in [1.807, 2.05) is 0 Å². The Kier molecular flexibility index (Phi) is 2.78. The average Bonchev–Trinajstić information content (AvgIpc) is 2.72. The number of rotatable bonds is 2. The molecule has 0 fully saturated rings. The zero-order chi connectivity index (χ0) is 13.4. The van der Waals surface area contributed by atoms with E-state index in [-0.39, 0.29) is 11.8 Å². The van der Waals surface area contributed by atoms with Gasteiger partial charge in [-0.1, -0.05) is 12.1 Å². The highest BCUT2D eigenvalue weighted by molar-refractivity contribution is 6.33. The van der Waals surface area contributed by atoms with Crippen molar-refractivity contribution in [3.05, 3.63) is 41.0 Å². The average molecular weight is 255 g/mol. The molecule has 19 heavy (non-hydrogen) atoms. The van der Waals surface area contributed by atoms with Gasteiger partial charge >= 0.3 is 0 Å². The molecular weight excluding hydrogens is 242 g/mol. The standard InChI is InChI=1S/C15H13NO3/c17-9-10-4-3-5-11(8-10)16-14(18)12-6-1-2-7-13(12)15(16)19/h3-5,8-9H,1-2,6-7H2. The van der Waals surface area contributed by atoms with Crippen LogP contribution >= 0.6 is 0 Å². The number of hydrogen-bond donors (Lipinski definition) is 0. The Hall–Kier alpha value is -2.23. The summed E-state index contributed by atoms with van der Waals surface area (Å²) in [5.41, 5.74) is 2.26. The zero-order valence-electron chi connectivity index (χ0n) is 10.4. The molecule has 0 N–H and O–H groups in total. The molecule has 0 saturated carbocycles. The van der Waals surface area contributed by atoms with Crippen molar-refractivity contribution < 1.29 is 14.4 Å². The molecular formula is C15H13NO3. The van der Waals surface area contributed by atoms with Crippen molar-refractivity contribution in [1.82, 2.24) is 0 Å². The van der Waals surface area contributed by atoms with Crippen LogP contribution in [0, 0.1) is 0 Å². The van der Waals surface area contributed by atoms with E-state index in [4.69, 9.17) is 0 Å². The lowest BCUT2D eigenvalue weighted by atomic mass is 9.93. The van der Waals surface area contributed by atoms with Crippen LogP contribution in [0.15, 0.2) is 35.4 Å². The summed E-state index contributed by atoms with van der Waals surface area (Å²) in [6.45, 7) is 0. The molecule has 4 nitrogen and oxygen atoms in total. The van der Waals surface area contributed by atoms with Crippen LogP contribution in [0.3, 0.4) is 0 Å². The molecule has 0 atom stereocenters. The quantitative estimate of drug-likeness (QED) is 0.601. The van der Waals surface area contributed by atoms with Crippen LogP contribution in [-0.2, 0) is 9.59 Å². The van der Waals surface area contributed by atoms with Gasteiger partial charge in [-0.2, -0.15) is 0 Å². The van der Waals surface area contributed by atoms with Crippen LogP contribution in [0.1, 0.15) is 36.0 Å². The van der Waals surface area contributed by atoms with E-state index in [2.05, 4.69) is 0 Å². The highest BCUT2D eigenvalue weighted by Gasteiger charge is 2.39. The van der Waals surface area contributed by atoms with Gasteiger partial charge in [0, 0.05) is 16.7 Å². The summed E-state index contributed by atoms with van der Waals surface area (Å²) in [4.78, 5) is 36.6. The minimum absolute atomic E-state index is 0.220. The maximum atomic E-state index is 12.3. The van der Waals surface area contributed by atoms with Gasteiger partial charge in [-0.15, -0.1) is 0 Å². The predicted molar refractivity (Wildman–Crippen MR) is 69.8 cm³/mol. The summed E-state index contributed by atoms with van der Waals surface area (Å²) in [5, 5.41) is 0. The highest BCUT2D eigenvalue weighted by atomic mass is 16.2. The molecule has 0 radical (unpaired) electrons.